The van der Waals surface area contributed by atoms with Crippen LogP contribution in [0.15, 0.2) is 59.4 Å². The minimum atomic E-state index is -0.283. The second kappa shape index (κ2) is 5.83. The Kier molecular flexibility index (Phi) is 3.50. The number of H-pyrrole nitrogens is 2. The number of carbonyl (C=O) groups excluding carboxylic acids is 1. The van der Waals surface area contributed by atoms with Crippen molar-refractivity contribution in [3.05, 3.63) is 70.6 Å². The summed E-state index contributed by atoms with van der Waals surface area (Å²) in [5.74, 6) is 0.229. The predicted octanol–water partition coefficient (Wildman–Crippen LogP) is 3.27. The Hall–Kier alpha value is -3.54. The quantitative estimate of drug-likeness (QED) is 0.538. The first-order valence-electron chi connectivity index (χ1n) is 7.74. The summed E-state index contributed by atoms with van der Waals surface area (Å²) in [6.07, 6.45) is 0. The Bertz CT molecular complexity index is 1160. The number of aromatic nitrogens is 2. The normalized spacial score (nSPS) is 10.9. The van der Waals surface area contributed by atoms with Gasteiger partial charge >= 0.3 is 5.69 Å². The topological polar surface area (TPSA) is 87.0 Å². The van der Waals surface area contributed by atoms with Gasteiger partial charge in [-0.05, 0) is 41.1 Å². The van der Waals surface area contributed by atoms with Crippen LogP contribution in [0.1, 0.15) is 10.4 Å². The molecule has 0 atom stereocenters. The number of benzene rings is 3. The van der Waals surface area contributed by atoms with Crippen molar-refractivity contribution in [1.29, 1.82) is 0 Å². The molecule has 4 rings (SSSR count). The molecule has 1 heterocycles. The highest BCUT2D eigenvalue weighted by Crippen LogP contribution is 2.27. The number of nitrogens with one attached hydrogen (secondary N) is 3. The van der Waals surface area contributed by atoms with Crippen molar-refractivity contribution in [2.75, 3.05) is 12.4 Å². The predicted molar refractivity (Wildman–Crippen MR) is 97.4 cm³/mol. The highest BCUT2D eigenvalue weighted by molar-refractivity contribution is 6.09. The lowest BCUT2D eigenvalue weighted by Gasteiger charge is -2.11. The molecule has 6 heteroatoms. The zero-order valence-corrected chi connectivity index (χ0v) is 13.4. The molecule has 4 aromatic rings. The molecular weight excluding hydrogens is 318 g/mol. The molecule has 3 aromatic carbocycles. The number of anilines is 1. The van der Waals surface area contributed by atoms with Crippen LogP contribution in [0.4, 0.5) is 5.69 Å². The molecule has 0 unspecified atom stereocenters. The first kappa shape index (κ1) is 15.0. The van der Waals surface area contributed by atoms with Crippen LogP contribution in [0, 0.1) is 0 Å². The summed E-state index contributed by atoms with van der Waals surface area (Å²) in [5, 5.41) is 4.80. The minimum Gasteiger partial charge on any atom is -0.496 e. The molecular formula is C19H15N3O3. The Morgan fingerprint density at radius 2 is 1.68 bits per heavy atom. The van der Waals surface area contributed by atoms with Gasteiger partial charge in [-0.3, -0.25) is 4.79 Å². The van der Waals surface area contributed by atoms with Crippen molar-refractivity contribution in [3.63, 3.8) is 0 Å². The summed E-state index contributed by atoms with van der Waals surface area (Å²) < 4.78 is 5.37. The van der Waals surface area contributed by atoms with Crippen LogP contribution >= 0.6 is 0 Å². The summed E-state index contributed by atoms with van der Waals surface area (Å²) in [7, 11) is 1.54. The van der Waals surface area contributed by atoms with E-state index < -0.39 is 0 Å². The van der Waals surface area contributed by atoms with E-state index in [1.54, 1.807) is 24.3 Å². The average molecular weight is 333 g/mol. The Morgan fingerprint density at radius 3 is 2.44 bits per heavy atom. The third-order valence-corrected chi connectivity index (χ3v) is 4.09. The van der Waals surface area contributed by atoms with Gasteiger partial charge in [-0.15, -0.1) is 0 Å². The molecule has 1 amide bonds. The summed E-state index contributed by atoms with van der Waals surface area (Å²) >= 11 is 0. The standard InChI is InChI=1S/C19H15N3O3/c1-25-17-9-12-5-3-2-4-11(12)8-14(17)18(23)20-13-6-7-15-16(10-13)22-19(24)21-15/h2-10H,1H3,(H,20,23)(H2,21,22,24). The average Bonchev–Trinajstić information content (AvgIpc) is 2.99. The van der Waals surface area contributed by atoms with E-state index in [4.69, 9.17) is 4.74 Å². The van der Waals surface area contributed by atoms with Crippen LogP contribution < -0.4 is 15.7 Å². The Labute approximate surface area is 142 Å². The van der Waals surface area contributed by atoms with Crippen molar-refractivity contribution < 1.29 is 9.53 Å². The van der Waals surface area contributed by atoms with E-state index in [-0.39, 0.29) is 11.6 Å². The lowest BCUT2D eigenvalue weighted by molar-refractivity contribution is 0.102. The van der Waals surface area contributed by atoms with Crippen molar-refractivity contribution in [2.24, 2.45) is 0 Å². The van der Waals surface area contributed by atoms with E-state index in [0.717, 1.165) is 10.8 Å². The van der Waals surface area contributed by atoms with Gasteiger partial charge in [0.2, 0.25) is 0 Å². The van der Waals surface area contributed by atoms with Crippen LogP contribution in [-0.2, 0) is 0 Å². The lowest BCUT2D eigenvalue weighted by Crippen LogP contribution is -2.13. The van der Waals surface area contributed by atoms with Crippen LogP contribution in [0.2, 0.25) is 0 Å². The van der Waals surface area contributed by atoms with Crippen molar-refractivity contribution in [1.82, 2.24) is 9.97 Å². The Balaban J connectivity index is 1.71. The van der Waals surface area contributed by atoms with Crippen LogP contribution in [0.25, 0.3) is 21.8 Å². The second-order valence-electron chi connectivity index (χ2n) is 5.69. The molecule has 0 aliphatic carbocycles. The number of ether oxygens (including phenoxy) is 1. The van der Waals surface area contributed by atoms with Gasteiger partial charge in [-0.2, -0.15) is 0 Å². The molecule has 1 aromatic heterocycles. The number of rotatable bonds is 3. The molecule has 0 saturated heterocycles. The van der Waals surface area contributed by atoms with Crippen molar-refractivity contribution >= 4 is 33.4 Å². The van der Waals surface area contributed by atoms with E-state index in [9.17, 15) is 9.59 Å². The summed E-state index contributed by atoms with van der Waals surface area (Å²) in [4.78, 5) is 29.4. The molecule has 0 bridgehead atoms. The van der Waals surface area contributed by atoms with Crippen LogP contribution in [0.5, 0.6) is 5.75 Å². The zero-order valence-electron chi connectivity index (χ0n) is 13.4. The maximum atomic E-state index is 12.7. The first-order chi connectivity index (χ1) is 12.1. The first-order valence-corrected chi connectivity index (χ1v) is 7.74. The molecule has 124 valence electrons. The van der Waals surface area contributed by atoms with Gasteiger partial charge in [0.05, 0.1) is 23.7 Å². The lowest BCUT2D eigenvalue weighted by atomic mass is 10.1. The SMILES string of the molecule is COc1cc2ccccc2cc1C(=O)Nc1ccc2[nH]c(=O)[nH]c2c1. The molecule has 3 N–H and O–H groups in total. The second-order valence-corrected chi connectivity index (χ2v) is 5.69. The summed E-state index contributed by atoms with van der Waals surface area (Å²) in [6, 6.07) is 16.6. The highest BCUT2D eigenvalue weighted by atomic mass is 16.5. The summed E-state index contributed by atoms with van der Waals surface area (Å²) in [5.41, 5.74) is 2.07. The van der Waals surface area contributed by atoms with E-state index in [1.807, 2.05) is 30.3 Å². The number of amides is 1. The van der Waals surface area contributed by atoms with Gasteiger partial charge in [-0.25, -0.2) is 4.79 Å². The fourth-order valence-electron chi connectivity index (χ4n) is 2.87. The van der Waals surface area contributed by atoms with Gasteiger partial charge < -0.3 is 20.0 Å². The fourth-order valence-corrected chi connectivity index (χ4v) is 2.87. The number of hydrogen-bond donors (Lipinski definition) is 3. The highest BCUT2D eigenvalue weighted by Gasteiger charge is 2.14. The zero-order chi connectivity index (χ0) is 17.4. The van der Waals surface area contributed by atoms with Gasteiger partial charge in [0.1, 0.15) is 5.75 Å². The number of carbonyl (C=O) groups is 1. The molecule has 25 heavy (non-hydrogen) atoms. The van der Waals surface area contributed by atoms with Crippen molar-refractivity contribution in [3.8, 4) is 5.75 Å². The smallest absolute Gasteiger partial charge is 0.323 e. The number of methoxy groups -OCH3 is 1. The molecule has 0 fully saturated rings. The van der Waals surface area contributed by atoms with E-state index in [2.05, 4.69) is 15.3 Å². The molecule has 0 aliphatic heterocycles. The van der Waals surface area contributed by atoms with Gasteiger partial charge in [0, 0.05) is 5.69 Å². The number of fused-ring (bicyclic) bond motifs is 2. The Morgan fingerprint density at radius 1 is 0.960 bits per heavy atom. The molecule has 0 radical (unpaired) electrons. The summed E-state index contributed by atoms with van der Waals surface area (Å²) in [6.45, 7) is 0. The molecule has 0 saturated carbocycles. The number of hydrogen-bond acceptors (Lipinski definition) is 3. The third kappa shape index (κ3) is 2.74. The van der Waals surface area contributed by atoms with Gasteiger partial charge in [0.25, 0.3) is 5.91 Å². The van der Waals surface area contributed by atoms with Gasteiger partial charge in [-0.1, -0.05) is 24.3 Å². The molecule has 0 spiro atoms. The number of aromatic amines is 2. The molecule has 6 nitrogen and oxygen atoms in total. The van der Waals surface area contributed by atoms with Crippen LogP contribution in [0.3, 0.4) is 0 Å². The van der Waals surface area contributed by atoms with Crippen molar-refractivity contribution in [2.45, 2.75) is 0 Å². The number of imidazole rings is 1. The van der Waals surface area contributed by atoms with Gasteiger partial charge in [0.15, 0.2) is 0 Å². The fraction of sp³-hybridized carbons (Fsp3) is 0.0526. The minimum absolute atomic E-state index is 0.278. The molecule has 0 aliphatic rings. The monoisotopic (exact) mass is 333 g/mol. The van der Waals surface area contributed by atoms with Crippen LogP contribution in [-0.4, -0.2) is 23.0 Å². The largest absolute Gasteiger partial charge is 0.496 e. The van der Waals surface area contributed by atoms with E-state index in [0.29, 0.717) is 28.0 Å². The third-order valence-electron chi connectivity index (χ3n) is 4.09. The van der Waals surface area contributed by atoms with E-state index in [1.165, 1.54) is 7.11 Å². The maximum Gasteiger partial charge on any atom is 0.323 e. The van der Waals surface area contributed by atoms with E-state index >= 15 is 0 Å². The maximum absolute atomic E-state index is 12.7.